The van der Waals surface area contributed by atoms with Crippen molar-refractivity contribution in [3.8, 4) is 5.75 Å². The van der Waals surface area contributed by atoms with Gasteiger partial charge in [0, 0.05) is 11.9 Å². The highest BCUT2D eigenvalue weighted by Crippen LogP contribution is 2.18. The number of aryl methyl sites for hydroxylation is 1. The van der Waals surface area contributed by atoms with E-state index in [2.05, 4.69) is 15.0 Å². The van der Waals surface area contributed by atoms with Gasteiger partial charge in [-0.2, -0.15) is 0 Å². The van der Waals surface area contributed by atoms with Crippen molar-refractivity contribution in [2.24, 2.45) is 0 Å². The Morgan fingerprint density at radius 2 is 1.79 bits per heavy atom. The minimum atomic E-state index is -3.77. The summed E-state index contributed by atoms with van der Waals surface area (Å²) < 4.78 is 32.9. The summed E-state index contributed by atoms with van der Waals surface area (Å²) in [5.74, 6) is 0.496. The van der Waals surface area contributed by atoms with Gasteiger partial charge in [-0.25, -0.2) is 13.4 Å². The molecule has 8 heteroatoms. The molecule has 3 rings (SSSR count). The van der Waals surface area contributed by atoms with Crippen LogP contribution in [0.5, 0.6) is 5.75 Å². The molecule has 0 radical (unpaired) electrons. The number of amides is 1. The van der Waals surface area contributed by atoms with Gasteiger partial charge in [0.05, 0.1) is 4.90 Å². The molecule has 1 atom stereocenters. The molecule has 150 valence electrons. The molecule has 3 aromatic rings. The van der Waals surface area contributed by atoms with E-state index in [4.69, 9.17) is 4.74 Å². The molecule has 29 heavy (non-hydrogen) atoms. The molecule has 0 aliphatic rings. The number of nitrogens with zero attached hydrogens (tertiary/aromatic N) is 1. The number of rotatable bonds is 7. The Labute approximate surface area is 169 Å². The Bertz CT molecular complexity index is 1080. The first-order valence-electron chi connectivity index (χ1n) is 8.91. The molecule has 0 aliphatic carbocycles. The highest BCUT2D eigenvalue weighted by Gasteiger charge is 2.17. The Balaban J connectivity index is 1.63. The zero-order valence-electron chi connectivity index (χ0n) is 16.0. The van der Waals surface area contributed by atoms with Gasteiger partial charge in [0.2, 0.25) is 0 Å². The first-order chi connectivity index (χ1) is 13.8. The predicted molar refractivity (Wildman–Crippen MR) is 111 cm³/mol. The summed E-state index contributed by atoms with van der Waals surface area (Å²) in [5, 5.41) is 2.71. The molecule has 7 nitrogen and oxygen atoms in total. The quantitative estimate of drug-likeness (QED) is 0.619. The molecule has 1 heterocycles. The fraction of sp³-hybridized carbons (Fsp3) is 0.143. The Kier molecular flexibility index (Phi) is 6.13. The van der Waals surface area contributed by atoms with Gasteiger partial charge < -0.3 is 10.1 Å². The van der Waals surface area contributed by atoms with Crippen molar-refractivity contribution in [3.63, 3.8) is 0 Å². The first kappa shape index (κ1) is 20.3. The van der Waals surface area contributed by atoms with Crippen molar-refractivity contribution in [3.05, 3.63) is 78.5 Å². The van der Waals surface area contributed by atoms with Gasteiger partial charge in [0.15, 0.2) is 6.10 Å². The van der Waals surface area contributed by atoms with Crippen molar-refractivity contribution in [2.45, 2.75) is 24.8 Å². The third-order valence-corrected chi connectivity index (χ3v) is 5.38. The van der Waals surface area contributed by atoms with Crippen molar-refractivity contribution < 1.29 is 17.9 Å². The van der Waals surface area contributed by atoms with Gasteiger partial charge in [0.25, 0.3) is 15.9 Å². The van der Waals surface area contributed by atoms with Crippen molar-refractivity contribution in [1.82, 2.24) is 4.98 Å². The second kappa shape index (κ2) is 8.74. The van der Waals surface area contributed by atoms with Crippen LogP contribution in [0.15, 0.2) is 77.8 Å². The summed E-state index contributed by atoms with van der Waals surface area (Å²) in [6, 6.07) is 18.2. The van der Waals surface area contributed by atoms with Crippen molar-refractivity contribution in [2.75, 3.05) is 10.0 Å². The molecule has 0 aliphatic heterocycles. The van der Waals surface area contributed by atoms with Gasteiger partial charge in [-0.1, -0.05) is 18.2 Å². The molecule has 1 aromatic heterocycles. The lowest BCUT2D eigenvalue weighted by molar-refractivity contribution is -0.122. The van der Waals surface area contributed by atoms with E-state index in [1.165, 1.54) is 30.5 Å². The van der Waals surface area contributed by atoms with Crippen molar-refractivity contribution >= 4 is 27.4 Å². The predicted octanol–water partition coefficient (Wildman–Crippen LogP) is 3.60. The number of carbonyl (C=O) groups excluding carboxylic acids is 1. The van der Waals surface area contributed by atoms with Gasteiger partial charge in [0.1, 0.15) is 11.6 Å². The molecular formula is C21H21N3O4S. The lowest BCUT2D eigenvalue weighted by Gasteiger charge is -2.15. The average Bonchev–Trinajstić information content (AvgIpc) is 2.69. The van der Waals surface area contributed by atoms with Gasteiger partial charge in [-0.05, 0) is 67.9 Å². The third kappa shape index (κ3) is 5.55. The average molecular weight is 411 g/mol. The summed E-state index contributed by atoms with van der Waals surface area (Å²) >= 11 is 0. The van der Waals surface area contributed by atoms with Crippen molar-refractivity contribution in [1.29, 1.82) is 0 Å². The normalized spacial score (nSPS) is 12.1. The maximum atomic E-state index is 12.4. The number of carbonyl (C=O) groups is 1. The van der Waals surface area contributed by atoms with E-state index >= 15 is 0 Å². The summed E-state index contributed by atoms with van der Waals surface area (Å²) in [5.41, 5.74) is 1.50. The number of sulfonamides is 1. The molecule has 1 amide bonds. The Hall–Kier alpha value is -3.39. The minimum Gasteiger partial charge on any atom is -0.481 e. The first-order valence-corrected chi connectivity index (χ1v) is 10.4. The molecular weight excluding hydrogens is 390 g/mol. The van der Waals surface area contributed by atoms with E-state index < -0.39 is 16.1 Å². The van der Waals surface area contributed by atoms with Crippen LogP contribution in [0.1, 0.15) is 12.5 Å². The maximum absolute atomic E-state index is 12.4. The van der Waals surface area contributed by atoms with E-state index in [-0.39, 0.29) is 16.6 Å². The molecule has 0 saturated heterocycles. The number of benzene rings is 2. The number of hydrogen-bond donors (Lipinski definition) is 2. The van der Waals surface area contributed by atoms with E-state index in [1.807, 2.05) is 25.1 Å². The van der Waals surface area contributed by atoms with Crippen LogP contribution in [-0.2, 0) is 14.8 Å². The second-order valence-electron chi connectivity index (χ2n) is 6.41. The number of ether oxygens (including phenoxy) is 1. The lowest BCUT2D eigenvalue weighted by Crippen LogP contribution is -2.30. The summed E-state index contributed by atoms with van der Waals surface area (Å²) in [7, 11) is -3.77. The smallest absolute Gasteiger partial charge is 0.265 e. The van der Waals surface area contributed by atoms with Crippen LogP contribution >= 0.6 is 0 Å². The highest BCUT2D eigenvalue weighted by atomic mass is 32.2. The zero-order chi connectivity index (χ0) is 20.9. The maximum Gasteiger partial charge on any atom is 0.265 e. The van der Waals surface area contributed by atoms with E-state index in [0.717, 1.165) is 5.56 Å². The van der Waals surface area contributed by atoms with Crippen LogP contribution in [0.2, 0.25) is 0 Å². The molecule has 2 N–H and O–H groups in total. The van der Waals surface area contributed by atoms with E-state index in [1.54, 1.807) is 31.2 Å². The number of nitrogens with one attached hydrogen (secondary N) is 2. The monoisotopic (exact) mass is 411 g/mol. The lowest BCUT2D eigenvalue weighted by atomic mass is 10.2. The number of anilines is 2. The molecule has 0 bridgehead atoms. The minimum absolute atomic E-state index is 0.0604. The summed E-state index contributed by atoms with van der Waals surface area (Å²) in [6.45, 7) is 3.59. The summed E-state index contributed by atoms with van der Waals surface area (Å²) in [4.78, 5) is 16.4. The second-order valence-corrected chi connectivity index (χ2v) is 8.09. The SMILES string of the molecule is Cc1cccc(OC(C)C(=O)Nc2ccc(S(=O)(=O)Nc3ccccn3)cc2)c1. The van der Waals surface area contributed by atoms with Crippen LogP contribution in [-0.4, -0.2) is 25.4 Å². The fourth-order valence-electron chi connectivity index (χ4n) is 2.53. The molecule has 0 fully saturated rings. The van der Waals surface area contributed by atoms with Crippen LogP contribution in [0.3, 0.4) is 0 Å². The molecule has 2 aromatic carbocycles. The molecule has 0 saturated carbocycles. The highest BCUT2D eigenvalue weighted by molar-refractivity contribution is 7.92. The molecule has 1 unspecified atom stereocenters. The van der Waals surface area contributed by atoms with Crippen LogP contribution in [0, 0.1) is 6.92 Å². The van der Waals surface area contributed by atoms with Crippen LogP contribution in [0.4, 0.5) is 11.5 Å². The van der Waals surface area contributed by atoms with Gasteiger partial charge >= 0.3 is 0 Å². The fourth-order valence-corrected chi connectivity index (χ4v) is 3.54. The topological polar surface area (TPSA) is 97.4 Å². The summed E-state index contributed by atoms with van der Waals surface area (Å²) in [6.07, 6.45) is 0.780. The van der Waals surface area contributed by atoms with Crippen LogP contribution in [0.25, 0.3) is 0 Å². The molecule has 0 spiro atoms. The number of hydrogen-bond acceptors (Lipinski definition) is 5. The Morgan fingerprint density at radius 1 is 1.03 bits per heavy atom. The van der Waals surface area contributed by atoms with Crippen LogP contribution < -0.4 is 14.8 Å². The van der Waals surface area contributed by atoms with E-state index in [0.29, 0.717) is 11.4 Å². The third-order valence-electron chi connectivity index (χ3n) is 4.01. The van der Waals surface area contributed by atoms with E-state index in [9.17, 15) is 13.2 Å². The Morgan fingerprint density at radius 3 is 2.45 bits per heavy atom. The zero-order valence-corrected chi connectivity index (χ0v) is 16.8. The van der Waals surface area contributed by atoms with Gasteiger partial charge in [-0.15, -0.1) is 0 Å². The van der Waals surface area contributed by atoms with Gasteiger partial charge in [-0.3, -0.25) is 9.52 Å². The number of aromatic nitrogens is 1. The largest absolute Gasteiger partial charge is 0.481 e. The standard InChI is InChI=1S/C21H21N3O4S/c1-15-6-5-7-18(14-15)28-16(2)21(25)23-17-9-11-19(12-10-17)29(26,27)24-20-8-3-4-13-22-20/h3-14,16H,1-2H3,(H,22,24)(H,23,25). The number of pyridine rings is 1.